The predicted molar refractivity (Wildman–Crippen MR) is 73.5 cm³/mol. The normalized spacial score (nSPS) is 10.8. The summed E-state index contributed by atoms with van der Waals surface area (Å²) in [6.07, 6.45) is 6.85. The van der Waals surface area contributed by atoms with Gasteiger partial charge in [-0.3, -0.25) is 14.8 Å². The fourth-order valence-corrected chi connectivity index (χ4v) is 1.66. The summed E-state index contributed by atoms with van der Waals surface area (Å²) in [6.45, 7) is 2.00. The first-order chi connectivity index (χ1) is 9.15. The minimum atomic E-state index is -0.842. The smallest absolute Gasteiger partial charge is 0.307 e. The molecule has 1 N–H and O–H groups in total. The Kier molecular flexibility index (Phi) is 4.03. The lowest BCUT2D eigenvalue weighted by Crippen LogP contribution is -1.90. The van der Waals surface area contributed by atoms with Gasteiger partial charge >= 0.3 is 5.97 Å². The quantitative estimate of drug-likeness (QED) is 0.911. The van der Waals surface area contributed by atoms with E-state index >= 15 is 0 Å². The molecule has 19 heavy (non-hydrogen) atoms. The molecule has 0 aliphatic rings. The molecule has 2 aromatic heterocycles. The van der Waals surface area contributed by atoms with E-state index in [9.17, 15) is 4.79 Å². The first kappa shape index (κ1) is 13.0. The molecule has 2 heterocycles. The number of hydrogen-bond acceptors (Lipinski definition) is 3. The van der Waals surface area contributed by atoms with E-state index in [1.54, 1.807) is 24.5 Å². The van der Waals surface area contributed by atoms with E-state index in [1.165, 1.54) is 0 Å². The van der Waals surface area contributed by atoms with E-state index < -0.39 is 5.97 Å². The van der Waals surface area contributed by atoms with Gasteiger partial charge in [-0.15, -0.1) is 0 Å². The van der Waals surface area contributed by atoms with Crippen molar-refractivity contribution in [2.45, 2.75) is 13.3 Å². The Morgan fingerprint density at radius 1 is 1.21 bits per heavy atom. The summed E-state index contributed by atoms with van der Waals surface area (Å²) in [4.78, 5) is 19.0. The van der Waals surface area contributed by atoms with Crippen molar-refractivity contribution < 1.29 is 9.90 Å². The van der Waals surface area contributed by atoms with E-state index in [0.29, 0.717) is 0 Å². The van der Waals surface area contributed by atoms with Crippen molar-refractivity contribution in [3.63, 3.8) is 0 Å². The van der Waals surface area contributed by atoms with Gasteiger partial charge in [0.2, 0.25) is 0 Å². The van der Waals surface area contributed by atoms with Gasteiger partial charge in [-0.05, 0) is 42.3 Å². The molecule has 0 radical (unpaired) electrons. The Morgan fingerprint density at radius 3 is 2.58 bits per heavy atom. The van der Waals surface area contributed by atoms with Crippen LogP contribution in [0.15, 0.2) is 42.7 Å². The number of carbonyl (C=O) groups is 1. The van der Waals surface area contributed by atoms with E-state index in [0.717, 1.165) is 22.5 Å². The lowest BCUT2D eigenvalue weighted by molar-refractivity contribution is -0.135. The van der Waals surface area contributed by atoms with Gasteiger partial charge < -0.3 is 5.11 Å². The molecule has 0 spiro atoms. The second-order valence-electron chi connectivity index (χ2n) is 4.19. The minimum Gasteiger partial charge on any atom is -0.481 e. The van der Waals surface area contributed by atoms with Crippen LogP contribution >= 0.6 is 0 Å². The third kappa shape index (κ3) is 3.74. The average molecular weight is 254 g/mol. The largest absolute Gasteiger partial charge is 0.481 e. The SMILES string of the molecule is Cc1ccnc(-c2cc(/C=C/CC(=O)O)ccn2)c1. The second-order valence-corrected chi connectivity index (χ2v) is 4.19. The van der Waals surface area contributed by atoms with Crippen LogP contribution in [-0.2, 0) is 4.79 Å². The first-order valence-electron chi connectivity index (χ1n) is 5.92. The highest BCUT2D eigenvalue weighted by molar-refractivity contribution is 5.70. The zero-order valence-electron chi connectivity index (χ0n) is 10.6. The van der Waals surface area contributed by atoms with Crippen LogP contribution in [0.5, 0.6) is 0 Å². The van der Waals surface area contributed by atoms with E-state index in [1.807, 2.05) is 31.2 Å². The van der Waals surface area contributed by atoms with Crippen LogP contribution in [0.3, 0.4) is 0 Å². The predicted octanol–water partition coefficient (Wildman–Crippen LogP) is 2.94. The zero-order valence-corrected chi connectivity index (χ0v) is 10.6. The summed E-state index contributed by atoms with van der Waals surface area (Å²) in [5, 5.41) is 8.58. The fraction of sp³-hybridized carbons (Fsp3) is 0.133. The Hall–Kier alpha value is -2.49. The maximum atomic E-state index is 10.4. The molecule has 0 amide bonds. The molecular weight excluding hydrogens is 240 g/mol. The average Bonchev–Trinajstić information content (AvgIpc) is 2.39. The van der Waals surface area contributed by atoms with Gasteiger partial charge in [-0.25, -0.2) is 0 Å². The summed E-state index contributed by atoms with van der Waals surface area (Å²) in [6, 6.07) is 7.62. The lowest BCUT2D eigenvalue weighted by atomic mass is 10.1. The first-order valence-corrected chi connectivity index (χ1v) is 5.92. The van der Waals surface area contributed by atoms with Crippen molar-refractivity contribution in [3.05, 3.63) is 53.9 Å². The van der Waals surface area contributed by atoms with E-state index in [2.05, 4.69) is 9.97 Å². The minimum absolute atomic E-state index is 0.0142. The molecule has 0 aromatic carbocycles. The number of rotatable bonds is 4. The Bertz CT molecular complexity index is 621. The standard InChI is InChI=1S/C15H14N2O2/c1-11-5-7-16-13(9-11)14-10-12(6-8-17-14)3-2-4-15(18)19/h2-3,5-10H,4H2,1H3,(H,18,19)/b3-2+. The van der Waals surface area contributed by atoms with Gasteiger partial charge in [-0.2, -0.15) is 0 Å². The Balaban J connectivity index is 2.24. The van der Waals surface area contributed by atoms with Crippen LogP contribution in [-0.4, -0.2) is 21.0 Å². The third-order valence-electron chi connectivity index (χ3n) is 2.56. The molecule has 0 aliphatic heterocycles. The molecule has 4 nitrogen and oxygen atoms in total. The van der Waals surface area contributed by atoms with E-state index in [4.69, 9.17) is 5.11 Å². The summed E-state index contributed by atoms with van der Waals surface area (Å²) in [7, 11) is 0. The number of aryl methyl sites for hydroxylation is 1. The third-order valence-corrected chi connectivity index (χ3v) is 2.56. The van der Waals surface area contributed by atoms with Crippen molar-refractivity contribution in [3.8, 4) is 11.4 Å². The number of carboxylic acid groups (broad SMARTS) is 1. The Labute approximate surface area is 111 Å². The number of carboxylic acids is 1. The maximum absolute atomic E-state index is 10.4. The maximum Gasteiger partial charge on any atom is 0.307 e. The second kappa shape index (κ2) is 5.91. The van der Waals surface area contributed by atoms with Gasteiger partial charge in [0.25, 0.3) is 0 Å². The lowest BCUT2D eigenvalue weighted by Gasteiger charge is -2.02. The molecule has 0 saturated heterocycles. The van der Waals surface area contributed by atoms with Crippen LogP contribution in [0.1, 0.15) is 17.5 Å². The monoisotopic (exact) mass is 254 g/mol. The van der Waals surface area contributed by atoms with Gasteiger partial charge in [0, 0.05) is 12.4 Å². The number of aromatic nitrogens is 2. The van der Waals surface area contributed by atoms with Gasteiger partial charge in [0.05, 0.1) is 17.8 Å². The topological polar surface area (TPSA) is 63.1 Å². The number of aliphatic carboxylic acids is 1. The molecule has 0 bridgehead atoms. The van der Waals surface area contributed by atoms with Crippen LogP contribution in [0.4, 0.5) is 0 Å². The van der Waals surface area contributed by atoms with Crippen molar-refractivity contribution in [2.75, 3.05) is 0 Å². The van der Waals surface area contributed by atoms with Crippen LogP contribution < -0.4 is 0 Å². The van der Waals surface area contributed by atoms with Crippen LogP contribution in [0, 0.1) is 6.92 Å². The fourth-order valence-electron chi connectivity index (χ4n) is 1.66. The Morgan fingerprint density at radius 2 is 1.89 bits per heavy atom. The van der Waals surface area contributed by atoms with Crippen molar-refractivity contribution in [1.82, 2.24) is 9.97 Å². The van der Waals surface area contributed by atoms with Crippen molar-refractivity contribution >= 4 is 12.0 Å². The molecule has 0 saturated carbocycles. The highest BCUT2D eigenvalue weighted by Crippen LogP contribution is 2.17. The number of hydrogen-bond donors (Lipinski definition) is 1. The summed E-state index contributed by atoms with van der Waals surface area (Å²) in [5.74, 6) is -0.842. The summed E-state index contributed by atoms with van der Waals surface area (Å²) >= 11 is 0. The van der Waals surface area contributed by atoms with E-state index in [-0.39, 0.29) is 6.42 Å². The van der Waals surface area contributed by atoms with Gasteiger partial charge in [-0.1, -0.05) is 12.2 Å². The number of pyridine rings is 2. The number of nitrogens with zero attached hydrogens (tertiary/aromatic N) is 2. The van der Waals surface area contributed by atoms with Gasteiger partial charge in [0.15, 0.2) is 0 Å². The highest BCUT2D eigenvalue weighted by Gasteiger charge is 2.01. The molecule has 0 atom stereocenters. The van der Waals surface area contributed by atoms with Crippen molar-refractivity contribution in [2.24, 2.45) is 0 Å². The molecule has 2 rings (SSSR count). The molecule has 0 unspecified atom stereocenters. The zero-order chi connectivity index (χ0) is 13.7. The highest BCUT2D eigenvalue weighted by atomic mass is 16.4. The molecular formula is C15H14N2O2. The molecule has 0 fully saturated rings. The van der Waals surface area contributed by atoms with Crippen molar-refractivity contribution in [1.29, 1.82) is 0 Å². The van der Waals surface area contributed by atoms with Crippen LogP contribution in [0.2, 0.25) is 0 Å². The molecule has 4 heteroatoms. The van der Waals surface area contributed by atoms with Gasteiger partial charge in [0.1, 0.15) is 0 Å². The molecule has 96 valence electrons. The summed E-state index contributed by atoms with van der Waals surface area (Å²) in [5.41, 5.74) is 3.63. The summed E-state index contributed by atoms with van der Waals surface area (Å²) < 4.78 is 0. The van der Waals surface area contributed by atoms with Crippen LogP contribution in [0.25, 0.3) is 17.5 Å². The molecule has 0 aliphatic carbocycles. The molecule has 2 aromatic rings.